The summed E-state index contributed by atoms with van der Waals surface area (Å²) in [6.45, 7) is -0.103. The van der Waals surface area contributed by atoms with Gasteiger partial charge in [-0.3, -0.25) is 9.20 Å². The van der Waals surface area contributed by atoms with Crippen LogP contribution in [0.5, 0.6) is 5.75 Å². The Kier molecular flexibility index (Phi) is 5.44. The molecule has 0 spiro atoms. The summed E-state index contributed by atoms with van der Waals surface area (Å²) < 4.78 is 25.4. The van der Waals surface area contributed by atoms with Crippen LogP contribution in [0, 0.1) is 5.82 Å². The van der Waals surface area contributed by atoms with Crippen LogP contribution in [0.15, 0.2) is 35.1 Å². The molecule has 0 unspecified atom stereocenters. The number of rotatable bonds is 5. The van der Waals surface area contributed by atoms with E-state index in [0.29, 0.717) is 16.2 Å². The molecule has 0 N–H and O–H groups in total. The normalized spacial score (nSPS) is 13.6. The van der Waals surface area contributed by atoms with Crippen molar-refractivity contribution in [2.24, 2.45) is 0 Å². The fourth-order valence-electron chi connectivity index (χ4n) is 3.36. The van der Waals surface area contributed by atoms with Gasteiger partial charge >= 0.3 is 5.97 Å². The molecular weight excluding hydrogens is 395 g/mol. The Morgan fingerprint density at radius 2 is 2.14 bits per heavy atom. The number of halogens is 1. The maximum absolute atomic E-state index is 13.7. The summed E-state index contributed by atoms with van der Waals surface area (Å²) in [5.41, 5.74) is 1.82. The molecule has 1 aliphatic carbocycles. The SMILES string of the molecule is COc1ccc(/C=C/C(=O)OCc2cc(=O)n3c4c(sc3n2)CCCC4)cc1F. The predicted octanol–water partition coefficient (Wildman–Crippen LogP) is 3.54. The Labute approximate surface area is 170 Å². The van der Waals surface area contributed by atoms with Gasteiger partial charge in [0.05, 0.1) is 12.8 Å². The van der Waals surface area contributed by atoms with Gasteiger partial charge in [-0.05, 0) is 49.5 Å². The Morgan fingerprint density at radius 3 is 2.93 bits per heavy atom. The van der Waals surface area contributed by atoms with Crippen LogP contribution in [0.2, 0.25) is 0 Å². The van der Waals surface area contributed by atoms with Gasteiger partial charge in [0.2, 0.25) is 0 Å². The molecular formula is C21H19FN2O4S. The summed E-state index contributed by atoms with van der Waals surface area (Å²) in [6, 6.07) is 5.77. The second kappa shape index (κ2) is 8.16. The molecule has 0 fully saturated rings. The van der Waals surface area contributed by atoms with Crippen LogP contribution in [0.3, 0.4) is 0 Å². The van der Waals surface area contributed by atoms with Gasteiger partial charge < -0.3 is 9.47 Å². The first-order valence-electron chi connectivity index (χ1n) is 9.27. The van der Waals surface area contributed by atoms with Gasteiger partial charge in [-0.15, -0.1) is 11.3 Å². The highest BCUT2D eigenvalue weighted by Gasteiger charge is 2.18. The number of carbonyl (C=O) groups excluding carboxylic acids is 1. The Morgan fingerprint density at radius 1 is 1.31 bits per heavy atom. The molecule has 8 heteroatoms. The second-order valence-electron chi connectivity index (χ2n) is 6.72. The molecule has 0 radical (unpaired) electrons. The average molecular weight is 414 g/mol. The smallest absolute Gasteiger partial charge is 0.331 e. The number of esters is 1. The zero-order chi connectivity index (χ0) is 20.4. The summed E-state index contributed by atoms with van der Waals surface area (Å²) in [7, 11) is 1.38. The van der Waals surface area contributed by atoms with Crippen molar-refractivity contribution in [3.05, 3.63) is 68.3 Å². The molecule has 0 amide bonds. The van der Waals surface area contributed by atoms with Crippen molar-refractivity contribution in [2.75, 3.05) is 7.11 Å². The van der Waals surface area contributed by atoms with Crippen LogP contribution in [0.1, 0.15) is 34.7 Å². The largest absolute Gasteiger partial charge is 0.494 e. The third-order valence-corrected chi connectivity index (χ3v) is 5.91. The highest BCUT2D eigenvalue weighted by molar-refractivity contribution is 7.17. The minimum absolute atomic E-state index is 0.103. The monoisotopic (exact) mass is 414 g/mol. The molecule has 2 heterocycles. The molecule has 0 saturated heterocycles. The van der Waals surface area contributed by atoms with Crippen LogP contribution < -0.4 is 10.3 Å². The number of methoxy groups -OCH3 is 1. The number of fused-ring (bicyclic) bond motifs is 3. The number of nitrogens with zero attached hydrogens (tertiary/aromatic N) is 2. The van der Waals surface area contributed by atoms with Crippen molar-refractivity contribution in [1.29, 1.82) is 0 Å². The first-order chi connectivity index (χ1) is 14.0. The maximum atomic E-state index is 13.7. The molecule has 0 aliphatic heterocycles. The quantitative estimate of drug-likeness (QED) is 0.472. The minimum Gasteiger partial charge on any atom is -0.494 e. The van der Waals surface area contributed by atoms with E-state index in [4.69, 9.17) is 9.47 Å². The van der Waals surface area contributed by atoms with Crippen molar-refractivity contribution >= 4 is 28.3 Å². The highest BCUT2D eigenvalue weighted by atomic mass is 32.1. The van der Waals surface area contributed by atoms with Gasteiger partial charge in [0.25, 0.3) is 5.56 Å². The first kappa shape index (κ1) is 19.3. The summed E-state index contributed by atoms with van der Waals surface area (Å²) in [4.78, 5) is 30.8. The average Bonchev–Trinajstić information content (AvgIpc) is 3.09. The van der Waals surface area contributed by atoms with E-state index in [1.54, 1.807) is 10.5 Å². The Hall–Kier alpha value is -3.00. The van der Waals surface area contributed by atoms with Crippen molar-refractivity contribution in [3.8, 4) is 5.75 Å². The molecule has 0 saturated carbocycles. The third-order valence-electron chi connectivity index (χ3n) is 4.76. The van der Waals surface area contributed by atoms with Crippen molar-refractivity contribution in [1.82, 2.24) is 9.38 Å². The molecule has 6 nitrogen and oxygen atoms in total. The number of ether oxygens (including phenoxy) is 2. The van der Waals surface area contributed by atoms with E-state index in [9.17, 15) is 14.0 Å². The lowest BCUT2D eigenvalue weighted by Gasteiger charge is -2.10. The van der Waals surface area contributed by atoms with Crippen LogP contribution in [-0.2, 0) is 29.0 Å². The van der Waals surface area contributed by atoms with E-state index < -0.39 is 11.8 Å². The summed E-state index contributed by atoms with van der Waals surface area (Å²) in [5, 5.41) is 0. The van der Waals surface area contributed by atoms with Crippen molar-refractivity contribution in [3.63, 3.8) is 0 Å². The van der Waals surface area contributed by atoms with Gasteiger partial charge in [-0.1, -0.05) is 6.07 Å². The number of thiazole rings is 1. The van der Waals surface area contributed by atoms with Gasteiger partial charge in [0.15, 0.2) is 16.5 Å². The number of hydrogen-bond donors (Lipinski definition) is 0. The van der Waals surface area contributed by atoms with Gasteiger partial charge in [-0.2, -0.15) is 0 Å². The van der Waals surface area contributed by atoms with E-state index in [0.717, 1.165) is 31.4 Å². The standard InChI is InChI=1S/C21H19FN2O4S/c1-27-17-8-6-13(10-15(17)22)7-9-20(26)28-12-14-11-19(25)24-16-4-2-3-5-18(16)29-21(24)23-14/h6-11H,2-5,12H2,1H3/b9-7+. The number of benzene rings is 1. The fraction of sp³-hybridized carbons (Fsp3) is 0.286. The van der Waals surface area contributed by atoms with Gasteiger partial charge in [0, 0.05) is 22.7 Å². The first-order valence-corrected chi connectivity index (χ1v) is 10.1. The lowest BCUT2D eigenvalue weighted by molar-refractivity contribution is -0.139. The predicted molar refractivity (Wildman–Crippen MR) is 108 cm³/mol. The number of aryl methyl sites for hydroxylation is 2. The van der Waals surface area contributed by atoms with Crippen LogP contribution in [-0.4, -0.2) is 22.5 Å². The third kappa shape index (κ3) is 4.07. The lowest BCUT2D eigenvalue weighted by atomic mass is 10.0. The van der Waals surface area contributed by atoms with Crippen LogP contribution in [0.4, 0.5) is 4.39 Å². The Balaban J connectivity index is 1.44. The zero-order valence-electron chi connectivity index (χ0n) is 15.8. The molecule has 1 aromatic carbocycles. The fourth-order valence-corrected chi connectivity index (χ4v) is 4.59. The number of hydrogen-bond acceptors (Lipinski definition) is 6. The molecule has 29 heavy (non-hydrogen) atoms. The van der Waals surface area contributed by atoms with Crippen LogP contribution in [0.25, 0.3) is 11.0 Å². The molecule has 1 aliphatic rings. The van der Waals surface area contributed by atoms with Crippen molar-refractivity contribution in [2.45, 2.75) is 32.3 Å². The van der Waals surface area contributed by atoms with E-state index in [1.165, 1.54) is 53.7 Å². The van der Waals surface area contributed by atoms with E-state index >= 15 is 0 Å². The van der Waals surface area contributed by atoms with Crippen molar-refractivity contribution < 1.29 is 18.7 Å². The topological polar surface area (TPSA) is 69.9 Å². The summed E-state index contributed by atoms with van der Waals surface area (Å²) in [6.07, 6.45) is 6.73. The molecule has 4 rings (SSSR count). The van der Waals surface area contributed by atoms with Gasteiger partial charge in [-0.25, -0.2) is 14.2 Å². The molecule has 0 bridgehead atoms. The lowest BCUT2D eigenvalue weighted by Crippen LogP contribution is -2.18. The van der Waals surface area contributed by atoms with Crippen LogP contribution >= 0.6 is 11.3 Å². The molecule has 2 aromatic heterocycles. The van der Waals surface area contributed by atoms with E-state index in [-0.39, 0.29) is 17.9 Å². The summed E-state index contributed by atoms with van der Waals surface area (Å²) >= 11 is 1.53. The van der Waals surface area contributed by atoms with E-state index in [2.05, 4.69) is 4.98 Å². The maximum Gasteiger partial charge on any atom is 0.331 e. The molecule has 150 valence electrons. The number of carbonyl (C=O) groups is 1. The minimum atomic E-state index is -0.603. The highest BCUT2D eigenvalue weighted by Crippen LogP contribution is 2.28. The van der Waals surface area contributed by atoms with E-state index in [1.807, 2.05) is 0 Å². The second-order valence-corrected chi connectivity index (χ2v) is 7.78. The van der Waals surface area contributed by atoms with Gasteiger partial charge in [0.1, 0.15) is 6.61 Å². The molecule has 3 aromatic rings. The number of aromatic nitrogens is 2. The molecule has 0 atom stereocenters. The Bertz CT molecular complexity index is 1170. The summed E-state index contributed by atoms with van der Waals surface area (Å²) in [5.74, 6) is -0.985. The zero-order valence-corrected chi connectivity index (χ0v) is 16.6.